The van der Waals surface area contributed by atoms with Crippen molar-refractivity contribution in [3.63, 3.8) is 0 Å². The molecule has 1 aromatic heterocycles. The van der Waals surface area contributed by atoms with Crippen molar-refractivity contribution in [2.24, 2.45) is 11.8 Å². The number of aryl methyl sites for hydroxylation is 1. The molecule has 0 spiro atoms. The number of morpholine rings is 1. The molecular weight excluding hydrogens is 411 g/mol. The molecule has 2 aliphatic rings. The zero-order valence-electron chi connectivity index (χ0n) is 18.3. The van der Waals surface area contributed by atoms with Crippen molar-refractivity contribution < 1.29 is 23.5 Å². The van der Waals surface area contributed by atoms with E-state index < -0.39 is 0 Å². The van der Waals surface area contributed by atoms with Gasteiger partial charge >= 0.3 is 0 Å². The molecule has 170 valence electrons. The van der Waals surface area contributed by atoms with Crippen LogP contribution in [0.5, 0.6) is 5.75 Å². The Balaban J connectivity index is 1.39. The molecule has 0 bridgehead atoms. The molecule has 1 aliphatic carbocycles. The van der Waals surface area contributed by atoms with Crippen molar-refractivity contribution in [1.82, 2.24) is 9.88 Å². The number of amides is 1. The maximum atomic E-state index is 13.4. The number of benzene rings is 1. The predicted octanol–water partition coefficient (Wildman–Crippen LogP) is 3.82. The summed E-state index contributed by atoms with van der Waals surface area (Å²) in [6.45, 7) is 3.63. The highest BCUT2D eigenvalue weighted by atomic mass is 19.1. The first-order valence-corrected chi connectivity index (χ1v) is 11.3. The molecule has 1 saturated heterocycles. The van der Waals surface area contributed by atoms with E-state index in [1.54, 1.807) is 6.20 Å². The summed E-state index contributed by atoms with van der Waals surface area (Å²) in [4.78, 5) is 32.6. The molecule has 7 heteroatoms. The van der Waals surface area contributed by atoms with Gasteiger partial charge in [0.15, 0.2) is 5.78 Å². The average molecular weight is 441 g/mol. The smallest absolute Gasteiger partial charge is 0.226 e. The Morgan fingerprint density at radius 1 is 1.12 bits per heavy atom. The largest absolute Gasteiger partial charge is 0.489 e. The lowest BCUT2D eigenvalue weighted by atomic mass is 9.74. The molecule has 32 heavy (non-hydrogen) atoms. The van der Waals surface area contributed by atoms with Gasteiger partial charge in [0.2, 0.25) is 5.91 Å². The standard InChI is InChI=1S/C25H29FN2O4/c1-17-6-11-20(14-27-17)32-16-21-15-28(12-13-31-21)25(30)23-5-3-2-4-22(23)24(29)18-7-9-19(26)10-8-18/h6-11,14,21-23H,2-5,12-13,15-16H2,1H3/t21?,22-,23-/m0/s1. The SMILES string of the molecule is Cc1ccc(OCC2CN(C(=O)[C@H]3CCCC[C@@H]3C(=O)c3ccc(F)cc3)CCO2)cn1. The Kier molecular flexibility index (Phi) is 7.15. The molecule has 1 unspecified atom stereocenters. The number of carbonyl (C=O) groups excluding carboxylic acids is 2. The Bertz CT molecular complexity index is 932. The van der Waals surface area contributed by atoms with E-state index in [4.69, 9.17) is 9.47 Å². The number of hydrogen-bond acceptors (Lipinski definition) is 5. The average Bonchev–Trinajstić information content (AvgIpc) is 2.83. The van der Waals surface area contributed by atoms with Crippen molar-refractivity contribution >= 4 is 11.7 Å². The number of rotatable bonds is 6. The van der Waals surface area contributed by atoms with Gasteiger partial charge in [0.1, 0.15) is 24.3 Å². The quantitative estimate of drug-likeness (QED) is 0.639. The number of ether oxygens (including phenoxy) is 2. The summed E-state index contributed by atoms with van der Waals surface area (Å²) in [5, 5.41) is 0. The minimum absolute atomic E-state index is 0.00969. The van der Waals surface area contributed by atoms with E-state index in [9.17, 15) is 14.0 Å². The van der Waals surface area contributed by atoms with Crippen LogP contribution in [-0.2, 0) is 9.53 Å². The van der Waals surface area contributed by atoms with Crippen molar-refractivity contribution in [2.45, 2.75) is 38.7 Å². The lowest BCUT2D eigenvalue weighted by molar-refractivity contribution is -0.146. The molecule has 2 aromatic rings. The van der Waals surface area contributed by atoms with Gasteiger partial charge in [-0.25, -0.2) is 4.39 Å². The van der Waals surface area contributed by atoms with Crippen molar-refractivity contribution in [1.29, 1.82) is 0 Å². The lowest BCUT2D eigenvalue weighted by Crippen LogP contribution is -2.51. The van der Waals surface area contributed by atoms with Crippen molar-refractivity contribution in [3.05, 3.63) is 59.7 Å². The van der Waals surface area contributed by atoms with Gasteiger partial charge < -0.3 is 14.4 Å². The van der Waals surface area contributed by atoms with Gasteiger partial charge in [0.25, 0.3) is 0 Å². The van der Waals surface area contributed by atoms with Crippen LogP contribution in [0.1, 0.15) is 41.7 Å². The van der Waals surface area contributed by atoms with E-state index in [0.717, 1.165) is 18.5 Å². The van der Waals surface area contributed by atoms with Gasteiger partial charge in [0.05, 0.1) is 19.3 Å². The number of hydrogen-bond donors (Lipinski definition) is 0. The summed E-state index contributed by atoms with van der Waals surface area (Å²) >= 11 is 0. The molecular formula is C25H29FN2O4. The molecule has 4 rings (SSSR count). The van der Waals surface area contributed by atoms with E-state index in [1.807, 2.05) is 24.0 Å². The Hall–Kier alpha value is -2.80. The highest BCUT2D eigenvalue weighted by Gasteiger charge is 2.39. The molecule has 1 aliphatic heterocycles. The fourth-order valence-electron chi connectivity index (χ4n) is 4.55. The fraction of sp³-hybridized carbons (Fsp3) is 0.480. The normalized spacial score (nSPS) is 23.6. The van der Waals surface area contributed by atoms with E-state index in [1.165, 1.54) is 24.3 Å². The maximum Gasteiger partial charge on any atom is 0.226 e. The molecule has 6 nitrogen and oxygen atoms in total. The number of pyridine rings is 1. The second-order valence-corrected chi connectivity index (χ2v) is 8.59. The van der Waals surface area contributed by atoms with Crippen LogP contribution in [0, 0.1) is 24.6 Å². The molecule has 0 radical (unpaired) electrons. The van der Waals surface area contributed by atoms with E-state index in [2.05, 4.69) is 4.98 Å². The van der Waals surface area contributed by atoms with Crippen LogP contribution in [0.25, 0.3) is 0 Å². The first kappa shape index (κ1) is 22.4. The number of halogens is 1. The number of aromatic nitrogens is 1. The highest BCUT2D eigenvalue weighted by Crippen LogP contribution is 2.34. The predicted molar refractivity (Wildman–Crippen MR) is 117 cm³/mol. The molecule has 1 aromatic carbocycles. The lowest BCUT2D eigenvalue weighted by Gasteiger charge is -2.38. The number of Topliss-reactive ketones (excluding diaryl/α,β-unsaturated/α-hetero) is 1. The first-order chi connectivity index (χ1) is 15.5. The minimum Gasteiger partial charge on any atom is -0.489 e. The second kappa shape index (κ2) is 10.2. The molecule has 0 N–H and O–H groups in total. The highest BCUT2D eigenvalue weighted by molar-refractivity contribution is 6.00. The minimum atomic E-state index is -0.374. The van der Waals surface area contributed by atoms with Crippen LogP contribution >= 0.6 is 0 Å². The van der Waals surface area contributed by atoms with Gasteiger partial charge in [-0.1, -0.05) is 12.8 Å². The van der Waals surface area contributed by atoms with Crippen molar-refractivity contribution in [3.8, 4) is 5.75 Å². The summed E-state index contributed by atoms with van der Waals surface area (Å²) < 4.78 is 24.9. The summed E-state index contributed by atoms with van der Waals surface area (Å²) in [5.74, 6) is -0.473. The zero-order valence-corrected chi connectivity index (χ0v) is 18.3. The van der Waals surface area contributed by atoms with Gasteiger partial charge in [-0.2, -0.15) is 0 Å². The topological polar surface area (TPSA) is 68.7 Å². The van der Waals surface area contributed by atoms with Crippen LogP contribution in [-0.4, -0.2) is 54.0 Å². The van der Waals surface area contributed by atoms with E-state index in [0.29, 0.717) is 50.5 Å². The Morgan fingerprint density at radius 3 is 2.59 bits per heavy atom. The second-order valence-electron chi connectivity index (χ2n) is 8.59. The monoisotopic (exact) mass is 440 g/mol. The van der Waals surface area contributed by atoms with Crippen LogP contribution in [0.15, 0.2) is 42.6 Å². The Morgan fingerprint density at radius 2 is 1.88 bits per heavy atom. The van der Waals surface area contributed by atoms with Gasteiger partial charge in [0, 0.05) is 29.6 Å². The van der Waals surface area contributed by atoms with Crippen molar-refractivity contribution in [2.75, 3.05) is 26.3 Å². The summed E-state index contributed by atoms with van der Waals surface area (Å²) in [7, 11) is 0. The van der Waals surface area contributed by atoms with E-state index >= 15 is 0 Å². The molecule has 2 heterocycles. The number of ketones is 1. The zero-order chi connectivity index (χ0) is 22.5. The number of carbonyl (C=O) groups is 2. The van der Waals surface area contributed by atoms with E-state index in [-0.39, 0.29) is 35.4 Å². The van der Waals surface area contributed by atoms with Crippen LogP contribution in [0.2, 0.25) is 0 Å². The third-order valence-electron chi connectivity index (χ3n) is 6.32. The summed E-state index contributed by atoms with van der Waals surface area (Å²) in [5.41, 5.74) is 1.39. The summed E-state index contributed by atoms with van der Waals surface area (Å²) in [6.07, 6.45) is 4.68. The third-order valence-corrected chi connectivity index (χ3v) is 6.32. The molecule has 1 amide bonds. The Labute approximate surface area is 187 Å². The summed E-state index contributed by atoms with van der Waals surface area (Å²) in [6, 6.07) is 9.35. The first-order valence-electron chi connectivity index (χ1n) is 11.3. The van der Waals surface area contributed by atoms with Crippen LogP contribution in [0.3, 0.4) is 0 Å². The van der Waals surface area contributed by atoms with Gasteiger partial charge in [-0.3, -0.25) is 14.6 Å². The molecule has 3 atom stereocenters. The maximum absolute atomic E-state index is 13.4. The molecule has 1 saturated carbocycles. The molecule has 2 fully saturated rings. The van der Waals surface area contributed by atoms with Crippen LogP contribution < -0.4 is 4.74 Å². The fourth-order valence-corrected chi connectivity index (χ4v) is 4.55. The number of nitrogens with zero attached hydrogens (tertiary/aromatic N) is 2. The van der Waals surface area contributed by atoms with Crippen LogP contribution in [0.4, 0.5) is 4.39 Å². The van der Waals surface area contributed by atoms with Gasteiger partial charge in [-0.05, 0) is 56.2 Å². The van der Waals surface area contributed by atoms with Gasteiger partial charge in [-0.15, -0.1) is 0 Å². The third kappa shape index (κ3) is 5.33.